The SMILES string of the molecule is Sc1ccc(CBr)c(COCc2ccccc2)c1. The maximum absolute atomic E-state index is 5.75. The van der Waals surface area contributed by atoms with Crippen molar-refractivity contribution in [3.05, 3.63) is 65.2 Å². The van der Waals surface area contributed by atoms with E-state index >= 15 is 0 Å². The quantitative estimate of drug-likeness (QED) is 0.625. The Morgan fingerprint density at radius 2 is 1.72 bits per heavy atom. The van der Waals surface area contributed by atoms with Gasteiger partial charge < -0.3 is 4.74 Å². The first-order valence-corrected chi connectivity index (χ1v) is 7.35. The summed E-state index contributed by atoms with van der Waals surface area (Å²) in [6.45, 7) is 1.25. The van der Waals surface area contributed by atoms with Crippen molar-refractivity contribution in [3.8, 4) is 0 Å². The summed E-state index contributed by atoms with van der Waals surface area (Å²) in [6, 6.07) is 16.3. The Bertz CT molecular complexity index is 499. The number of rotatable bonds is 5. The Labute approximate surface area is 122 Å². The predicted molar refractivity (Wildman–Crippen MR) is 81.3 cm³/mol. The summed E-state index contributed by atoms with van der Waals surface area (Å²) in [6.07, 6.45) is 0. The molecule has 94 valence electrons. The molecule has 18 heavy (non-hydrogen) atoms. The first-order valence-electron chi connectivity index (χ1n) is 5.78. The third kappa shape index (κ3) is 3.87. The molecule has 0 radical (unpaired) electrons. The van der Waals surface area contributed by atoms with Gasteiger partial charge in [0.25, 0.3) is 0 Å². The fourth-order valence-electron chi connectivity index (χ4n) is 1.73. The van der Waals surface area contributed by atoms with Crippen LogP contribution < -0.4 is 0 Å². The lowest BCUT2D eigenvalue weighted by molar-refractivity contribution is 0.106. The average Bonchev–Trinajstić information content (AvgIpc) is 2.40. The van der Waals surface area contributed by atoms with Gasteiger partial charge in [0.1, 0.15) is 0 Å². The zero-order chi connectivity index (χ0) is 12.8. The van der Waals surface area contributed by atoms with Crippen LogP contribution in [0.25, 0.3) is 0 Å². The molecule has 2 aromatic carbocycles. The van der Waals surface area contributed by atoms with Gasteiger partial charge in [-0.15, -0.1) is 12.6 Å². The summed E-state index contributed by atoms with van der Waals surface area (Å²) in [4.78, 5) is 0.970. The summed E-state index contributed by atoms with van der Waals surface area (Å²) in [5, 5.41) is 0.838. The molecule has 0 amide bonds. The van der Waals surface area contributed by atoms with Gasteiger partial charge in [0.15, 0.2) is 0 Å². The van der Waals surface area contributed by atoms with Crippen molar-refractivity contribution in [1.29, 1.82) is 0 Å². The van der Waals surface area contributed by atoms with Crippen LogP contribution in [0.4, 0.5) is 0 Å². The molecule has 0 fully saturated rings. The molecule has 0 heterocycles. The molecular weight excluding hydrogens is 308 g/mol. The molecule has 1 nitrogen and oxygen atoms in total. The molecule has 0 unspecified atom stereocenters. The molecule has 2 aromatic rings. The smallest absolute Gasteiger partial charge is 0.0724 e. The van der Waals surface area contributed by atoms with E-state index in [2.05, 4.69) is 52.8 Å². The number of halogens is 1. The minimum absolute atomic E-state index is 0.615. The van der Waals surface area contributed by atoms with E-state index in [0.29, 0.717) is 13.2 Å². The molecule has 0 saturated heterocycles. The minimum atomic E-state index is 0.615. The van der Waals surface area contributed by atoms with Gasteiger partial charge in [-0.3, -0.25) is 0 Å². The summed E-state index contributed by atoms with van der Waals surface area (Å²) >= 11 is 7.85. The second-order valence-electron chi connectivity index (χ2n) is 4.07. The molecule has 0 spiro atoms. The Hall–Kier alpha value is -0.770. The van der Waals surface area contributed by atoms with Crippen molar-refractivity contribution in [2.24, 2.45) is 0 Å². The molecule has 2 rings (SSSR count). The summed E-state index contributed by atoms with van der Waals surface area (Å²) in [5.74, 6) is 0. The number of benzene rings is 2. The highest BCUT2D eigenvalue weighted by Gasteiger charge is 2.02. The van der Waals surface area contributed by atoms with E-state index in [4.69, 9.17) is 4.74 Å². The third-order valence-corrected chi connectivity index (χ3v) is 3.59. The Balaban J connectivity index is 1.96. The van der Waals surface area contributed by atoms with E-state index in [1.54, 1.807) is 0 Å². The van der Waals surface area contributed by atoms with E-state index in [-0.39, 0.29) is 0 Å². The monoisotopic (exact) mass is 322 g/mol. The molecule has 0 aliphatic carbocycles. The van der Waals surface area contributed by atoms with Crippen LogP contribution in [0.2, 0.25) is 0 Å². The highest BCUT2D eigenvalue weighted by molar-refractivity contribution is 9.08. The number of hydrogen-bond donors (Lipinski definition) is 1. The van der Waals surface area contributed by atoms with Crippen LogP contribution in [-0.2, 0) is 23.3 Å². The van der Waals surface area contributed by atoms with Gasteiger partial charge in [0, 0.05) is 10.2 Å². The normalized spacial score (nSPS) is 10.6. The van der Waals surface area contributed by atoms with Crippen LogP contribution in [-0.4, -0.2) is 0 Å². The Kier molecular flexibility index (Phi) is 5.29. The third-order valence-electron chi connectivity index (χ3n) is 2.70. The standard InChI is InChI=1S/C15H15BrOS/c16-9-13-6-7-15(18)8-14(13)11-17-10-12-4-2-1-3-5-12/h1-8,18H,9-11H2. The molecule has 0 aliphatic heterocycles. The van der Waals surface area contributed by atoms with Gasteiger partial charge in [-0.2, -0.15) is 0 Å². The number of ether oxygens (including phenoxy) is 1. The number of thiol groups is 1. The van der Waals surface area contributed by atoms with Crippen molar-refractivity contribution in [2.45, 2.75) is 23.4 Å². The van der Waals surface area contributed by atoms with E-state index in [9.17, 15) is 0 Å². The van der Waals surface area contributed by atoms with E-state index in [0.717, 1.165) is 10.2 Å². The van der Waals surface area contributed by atoms with Crippen molar-refractivity contribution in [2.75, 3.05) is 0 Å². The van der Waals surface area contributed by atoms with Crippen molar-refractivity contribution >= 4 is 28.6 Å². The second-order valence-corrected chi connectivity index (χ2v) is 5.14. The fraction of sp³-hybridized carbons (Fsp3) is 0.200. The number of alkyl halides is 1. The van der Waals surface area contributed by atoms with Gasteiger partial charge in [-0.1, -0.05) is 52.3 Å². The topological polar surface area (TPSA) is 9.23 Å². The van der Waals surface area contributed by atoms with Crippen LogP contribution in [0.3, 0.4) is 0 Å². The lowest BCUT2D eigenvalue weighted by atomic mass is 10.1. The fourth-order valence-corrected chi connectivity index (χ4v) is 2.51. The summed E-state index contributed by atoms with van der Waals surface area (Å²) in [5.41, 5.74) is 3.64. The minimum Gasteiger partial charge on any atom is -0.372 e. The first kappa shape index (κ1) is 13.7. The van der Waals surface area contributed by atoms with Crippen molar-refractivity contribution < 1.29 is 4.74 Å². The molecule has 3 heteroatoms. The molecule has 0 aromatic heterocycles. The summed E-state index contributed by atoms with van der Waals surface area (Å²) < 4.78 is 5.75. The molecule has 0 atom stereocenters. The Morgan fingerprint density at radius 3 is 2.44 bits per heavy atom. The summed E-state index contributed by atoms with van der Waals surface area (Å²) in [7, 11) is 0. The van der Waals surface area contributed by atoms with Gasteiger partial charge in [-0.05, 0) is 28.8 Å². The van der Waals surface area contributed by atoms with Crippen LogP contribution in [0.15, 0.2) is 53.4 Å². The molecule has 0 saturated carbocycles. The zero-order valence-electron chi connectivity index (χ0n) is 9.97. The average molecular weight is 323 g/mol. The number of hydrogen-bond acceptors (Lipinski definition) is 2. The second kappa shape index (κ2) is 6.98. The van der Waals surface area contributed by atoms with Gasteiger partial charge in [0.2, 0.25) is 0 Å². The largest absolute Gasteiger partial charge is 0.372 e. The molecule has 0 N–H and O–H groups in total. The van der Waals surface area contributed by atoms with Crippen LogP contribution in [0, 0.1) is 0 Å². The molecule has 0 aliphatic rings. The van der Waals surface area contributed by atoms with Crippen LogP contribution >= 0.6 is 28.6 Å². The lowest BCUT2D eigenvalue weighted by Crippen LogP contribution is -1.97. The Morgan fingerprint density at radius 1 is 0.944 bits per heavy atom. The molecular formula is C15H15BrOS. The highest BCUT2D eigenvalue weighted by Crippen LogP contribution is 2.18. The van der Waals surface area contributed by atoms with Crippen molar-refractivity contribution in [1.82, 2.24) is 0 Å². The maximum Gasteiger partial charge on any atom is 0.0724 e. The van der Waals surface area contributed by atoms with Crippen molar-refractivity contribution in [3.63, 3.8) is 0 Å². The highest BCUT2D eigenvalue weighted by atomic mass is 79.9. The van der Waals surface area contributed by atoms with Gasteiger partial charge >= 0.3 is 0 Å². The van der Waals surface area contributed by atoms with E-state index < -0.39 is 0 Å². The van der Waals surface area contributed by atoms with Crippen LogP contribution in [0.5, 0.6) is 0 Å². The molecule has 0 bridgehead atoms. The lowest BCUT2D eigenvalue weighted by Gasteiger charge is -2.09. The first-order chi connectivity index (χ1) is 8.79. The van der Waals surface area contributed by atoms with Gasteiger partial charge in [-0.25, -0.2) is 0 Å². The van der Waals surface area contributed by atoms with E-state index in [1.807, 2.05) is 24.3 Å². The predicted octanol–water partition coefficient (Wildman–Crippen LogP) is 4.59. The van der Waals surface area contributed by atoms with Gasteiger partial charge in [0.05, 0.1) is 13.2 Å². The maximum atomic E-state index is 5.75. The zero-order valence-corrected chi connectivity index (χ0v) is 12.5. The van der Waals surface area contributed by atoms with Crippen LogP contribution in [0.1, 0.15) is 16.7 Å². The van der Waals surface area contributed by atoms with E-state index in [1.165, 1.54) is 16.7 Å².